The Labute approximate surface area is 110 Å². The van der Waals surface area contributed by atoms with Crippen LogP contribution >= 0.6 is 0 Å². The van der Waals surface area contributed by atoms with E-state index in [1.54, 1.807) is 0 Å². The minimum atomic E-state index is 0.305. The summed E-state index contributed by atoms with van der Waals surface area (Å²) in [5, 5.41) is 0. The second-order valence-corrected chi connectivity index (χ2v) is 5.96. The molecule has 4 nitrogen and oxygen atoms in total. The van der Waals surface area contributed by atoms with E-state index in [1.165, 1.54) is 45.1 Å². The maximum Gasteiger partial charge on any atom is 0.320 e. The number of carbonyl (C=O) groups excluding carboxylic acids is 1. The fourth-order valence-electron chi connectivity index (χ4n) is 3.61. The Bertz CT molecular complexity index is 301. The highest BCUT2D eigenvalue weighted by Crippen LogP contribution is 2.22. The van der Waals surface area contributed by atoms with Crippen LogP contribution in [-0.2, 0) is 0 Å². The van der Waals surface area contributed by atoms with Crippen LogP contribution in [-0.4, -0.2) is 66.0 Å². The third-order valence-electron chi connectivity index (χ3n) is 4.73. The van der Waals surface area contributed by atoms with E-state index in [9.17, 15) is 4.79 Å². The maximum absolute atomic E-state index is 12.5. The van der Waals surface area contributed by atoms with Crippen molar-refractivity contribution in [2.24, 2.45) is 0 Å². The molecule has 18 heavy (non-hydrogen) atoms. The lowest BCUT2D eigenvalue weighted by molar-refractivity contribution is 0.0516. The molecule has 0 aromatic heterocycles. The van der Waals surface area contributed by atoms with Crippen molar-refractivity contribution < 1.29 is 4.79 Å². The van der Waals surface area contributed by atoms with Gasteiger partial charge < -0.3 is 9.80 Å². The molecule has 0 aromatic carbocycles. The number of piperazine rings is 1. The van der Waals surface area contributed by atoms with E-state index in [2.05, 4.69) is 14.7 Å². The van der Waals surface area contributed by atoms with Crippen LogP contribution in [0.2, 0.25) is 0 Å². The van der Waals surface area contributed by atoms with Gasteiger partial charge in [-0.15, -0.1) is 0 Å². The molecule has 2 amide bonds. The summed E-state index contributed by atoms with van der Waals surface area (Å²) in [4.78, 5) is 19.2. The number of amides is 2. The zero-order valence-corrected chi connectivity index (χ0v) is 11.3. The summed E-state index contributed by atoms with van der Waals surface area (Å²) in [7, 11) is 0. The largest absolute Gasteiger partial charge is 0.325 e. The lowest BCUT2D eigenvalue weighted by atomic mass is 9.99. The molecule has 0 saturated carbocycles. The van der Waals surface area contributed by atoms with Crippen molar-refractivity contribution in [3.05, 3.63) is 0 Å². The number of hydrogen-bond acceptors (Lipinski definition) is 2. The molecule has 0 N–H and O–H groups in total. The Morgan fingerprint density at radius 2 is 1.56 bits per heavy atom. The summed E-state index contributed by atoms with van der Waals surface area (Å²) in [6, 6.07) is 0.946. The number of piperidine rings is 2. The minimum Gasteiger partial charge on any atom is -0.325 e. The molecule has 0 spiro atoms. The molecule has 0 aromatic rings. The highest BCUT2D eigenvalue weighted by molar-refractivity contribution is 5.74. The number of carbonyl (C=O) groups is 1. The Hall–Kier alpha value is -0.770. The van der Waals surface area contributed by atoms with Crippen molar-refractivity contribution in [2.45, 2.75) is 44.6 Å². The third kappa shape index (κ3) is 2.48. The summed E-state index contributed by atoms with van der Waals surface area (Å²) in [5.41, 5.74) is 0. The van der Waals surface area contributed by atoms with E-state index < -0.39 is 0 Å². The predicted molar refractivity (Wildman–Crippen MR) is 71.6 cm³/mol. The van der Waals surface area contributed by atoms with Gasteiger partial charge in [0, 0.05) is 38.8 Å². The normalized spacial score (nSPS) is 30.1. The average Bonchev–Trinajstić information content (AvgIpc) is 2.47. The standard InChI is InChI=1S/C14H25N3O/c18-14(16-8-3-1-4-9-16)17-11-10-15-7-5-2-6-13(15)12-17/h13H,1-12H2. The van der Waals surface area contributed by atoms with Crippen LogP contribution in [0.5, 0.6) is 0 Å². The van der Waals surface area contributed by atoms with E-state index >= 15 is 0 Å². The summed E-state index contributed by atoms with van der Waals surface area (Å²) < 4.78 is 0. The molecule has 1 atom stereocenters. The molecule has 3 aliphatic rings. The van der Waals surface area contributed by atoms with Gasteiger partial charge in [0.15, 0.2) is 0 Å². The van der Waals surface area contributed by atoms with Gasteiger partial charge >= 0.3 is 6.03 Å². The number of hydrogen-bond donors (Lipinski definition) is 0. The lowest BCUT2D eigenvalue weighted by Gasteiger charge is -2.45. The van der Waals surface area contributed by atoms with Gasteiger partial charge in [-0.05, 0) is 38.6 Å². The molecular formula is C14H25N3O. The molecule has 3 fully saturated rings. The zero-order valence-electron chi connectivity index (χ0n) is 11.3. The molecule has 3 heterocycles. The lowest BCUT2D eigenvalue weighted by Crippen LogP contribution is -2.58. The summed E-state index contributed by atoms with van der Waals surface area (Å²) in [6.07, 6.45) is 7.64. The molecule has 3 aliphatic heterocycles. The Morgan fingerprint density at radius 1 is 0.778 bits per heavy atom. The highest BCUT2D eigenvalue weighted by Gasteiger charge is 2.32. The van der Waals surface area contributed by atoms with E-state index in [0.29, 0.717) is 12.1 Å². The van der Waals surface area contributed by atoms with Crippen molar-refractivity contribution in [2.75, 3.05) is 39.3 Å². The Balaban J connectivity index is 1.57. The van der Waals surface area contributed by atoms with Gasteiger partial charge in [0.05, 0.1) is 0 Å². The van der Waals surface area contributed by atoms with E-state index in [4.69, 9.17) is 0 Å². The van der Waals surface area contributed by atoms with Crippen LogP contribution in [0.4, 0.5) is 4.79 Å². The number of nitrogens with zero attached hydrogens (tertiary/aromatic N) is 3. The van der Waals surface area contributed by atoms with Crippen LogP contribution in [0.15, 0.2) is 0 Å². The summed E-state index contributed by atoms with van der Waals surface area (Å²) in [6.45, 7) is 6.19. The molecular weight excluding hydrogens is 226 g/mol. The zero-order chi connectivity index (χ0) is 12.4. The van der Waals surface area contributed by atoms with E-state index in [1.807, 2.05) is 0 Å². The molecule has 0 radical (unpaired) electrons. The van der Waals surface area contributed by atoms with Crippen molar-refractivity contribution in [1.82, 2.24) is 14.7 Å². The fourth-order valence-corrected chi connectivity index (χ4v) is 3.61. The molecule has 102 valence electrons. The van der Waals surface area contributed by atoms with Crippen molar-refractivity contribution >= 4 is 6.03 Å². The van der Waals surface area contributed by atoms with E-state index in [-0.39, 0.29) is 0 Å². The van der Waals surface area contributed by atoms with Crippen LogP contribution in [0.1, 0.15) is 38.5 Å². The van der Waals surface area contributed by atoms with Crippen molar-refractivity contribution in [3.63, 3.8) is 0 Å². The molecule has 0 aliphatic carbocycles. The van der Waals surface area contributed by atoms with Gasteiger partial charge in [-0.1, -0.05) is 6.42 Å². The molecule has 4 heteroatoms. The van der Waals surface area contributed by atoms with Crippen LogP contribution < -0.4 is 0 Å². The van der Waals surface area contributed by atoms with E-state index in [0.717, 1.165) is 32.7 Å². The second kappa shape index (κ2) is 5.47. The molecule has 3 rings (SSSR count). The van der Waals surface area contributed by atoms with Crippen LogP contribution in [0.3, 0.4) is 0 Å². The Morgan fingerprint density at radius 3 is 2.39 bits per heavy atom. The van der Waals surface area contributed by atoms with Gasteiger partial charge in [0.2, 0.25) is 0 Å². The van der Waals surface area contributed by atoms with Crippen molar-refractivity contribution in [1.29, 1.82) is 0 Å². The molecule has 3 saturated heterocycles. The van der Waals surface area contributed by atoms with Gasteiger partial charge in [0.1, 0.15) is 0 Å². The topological polar surface area (TPSA) is 26.8 Å². The Kier molecular flexibility index (Phi) is 3.73. The van der Waals surface area contributed by atoms with Gasteiger partial charge in [0.25, 0.3) is 0 Å². The van der Waals surface area contributed by atoms with Crippen molar-refractivity contribution in [3.8, 4) is 0 Å². The fraction of sp³-hybridized carbons (Fsp3) is 0.929. The summed E-state index contributed by atoms with van der Waals surface area (Å²) in [5.74, 6) is 0. The minimum absolute atomic E-state index is 0.305. The number of likely N-dealkylation sites (tertiary alicyclic amines) is 1. The van der Waals surface area contributed by atoms with Crippen LogP contribution in [0, 0.1) is 0 Å². The third-order valence-corrected chi connectivity index (χ3v) is 4.73. The SMILES string of the molecule is O=C(N1CCCCC1)N1CCN2CCCCC2C1. The van der Waals surface area contributed by atoms with Gasteiger partial charge in [-0.25, -0.2) is 4.79 Å². The first-order chi connectivity index (χ1) is 8.84. The monoisotopic (exact) mass is 251 g/mol. The molecule has 0 bridgehead atoms. The predicted octanol–water partition coefficient (Wildman–Crippen LogP) is 1.76. The molecule has 1 unspecified atom stereocenters. The first-order valence-electron chi connectivity index (χ1n) is 7.62. The van der Waals surface area contributed by atoms with Gasteiger partial charge in [-0.2, -0.15) is 0 Å². The number of rotatable bonds is 0. The average molecular weight is 251 g/mol. The number of urea groups is 1. The van der Waals surface area contributed by atoms with Gasteiger partial charge in [-0.3, -0.25) is 4.90 Å². The smallest absolute Gasteiger partial charge is 0.320 e. The highest BCUT2D eigenvalue weighted by atomic mass is 16.2. The first kappa shape index (κ1) is 12.3. The van der Waals surface area contributed by atoms with Crippen LogP contribution in [0.25, 0.3) is 0 Å². The first-order valence-corrected chi connectivity index (χ1v) is 7.62. The maximum atomic E-state index is 12.5. The quantitative estimate of drug-likeness (QED) is 0.656. The number of fused-ring (bicyclic) bond motifs is 1. The second-order valence-electron chi connectivity index (χ2n) is 5.96. The summed E-state index contributed by atoms with van der Waals surface area (Å²) >= 11 is 0.